The van der Waals surface area contributed by atoms with Gasteiger partial charge in [0.2, 0.25) is 5.82 Å². The molecule has 0 radical (unpaired) electrons. The maximum atomic E-state index is 14.9. The van der Waals surface area contributed by atoms with Gasteiger partial charge in [0.25, 0.3) is 0 Å². The van der Waals surface area contributed by atoms with Gasteiger partial charge in [-0.1, -0.05) is 12.1 Å². The number of hydrogen-bond donors (Lipinski definition) is 0. The van der Waals surface area contributed by atoms with Gasteiger partial charge in [-0.25, -0.2) is 8.78 Å². The van der Waals surface area contributed by atoms with Crippen LogP contribution >= 0.6 is 0 Å². The Hall–Kier alpha value is -2.01. The number of halogens is 3. The number of hydrogen-bond acceptors (Lipinski definition) is 2. The summed E-state index contributed by atoms with van der Waals surface area (Å²) in [6, 6.07) is 7.63. The molecule has 162 valence electrons. The standard InChI is InChI=1S/C25H29F3O2/c1-3-30-19-8-6-16-12-15(4-5-17(16)13-19)18-7-9-20(22(26)14-18)21-10-11-23(29-2)25(28)24(21)27/h7,9-11,14-17,19H,3-6,8,12-13H2,1-2H3. The Morgan fingerprint density at radius 1 is 0.867 bits per heavy atom. The fraction of sp³-hybridized carbons (Fsp3) is 0.520. The molecule has 2 aliphatic rings. The van der Waals surface area contributed by atoms with Crippen molar-refractivity contribution in [2.45, 2.75) is 57.5 Å². The molecule has 2 aromatic carbocycles. The van der Waals surface area contributed by atoms with E-state index < -0.39 is 17.5 Å². The Kier molecular flexibility index (Phi) is 6.37. The number of ether oxygens (including phenoxy) is 2. The zero-order valence-corrected chi connectivity index (χ0v) is 17.6. The first-order chi connectivity index (χ1) is 14.5. The fourth-order valence-electron chi connectivity index (χ4n) is 5.44. The summed E-state index contributed by atoms with van der Waals surface area (Å²) in [6.07, 6.45) is 7.05. The lowest BCUT2D eigenvalue weighted by molar-refractivity contribution is -0.00956. The monoisotopic (exact) mass is 418 g/mol. The summed E-state index contributed by atoms with van der Waals surface area (Å²) in [5, 5.41) is 0. The summed E-state index contributed by atoms with van der Waals surface area (Å²) in [5.41, 5.74) is 0.940. The van der Waals surface area contributed by atoms with Crippen LogP contribution in [0.1, 0.15) is 56.9 Å². The topological polar surface area (TPSA) is 18.5 Å². The average Bonchev–Trinajstić information content (AvgIpc) is 2.76. The molecule has 4 atom stereocenters. The summed E-state index contributed by atoms with van der Waals surface area (Å²) in [4.78, 5) is 0. The molecule has 2 saturated carbocycles. The van der Waals surface area contributed by atoms with E-state index >= 15 is 0 Å². The second-order valence-corrected chi connectivity index (χ2v) is 8.60. The van der Waals surface area contributed by atoms with Gasteiger partial charge < -0.3 is 9.47 Å². The summed E-state index contributed by atoms with van der Waals surface area (Å²) in [6.45, 7) is 2.82. The minimum Gasteiger partial charge on any atom is -0.494 e. The van der Waals surface area contributed by atoms with Crippen molar-refractivity contribution in [2.24, 2.45) is 11.8 Å². The molecule has 0 aliphatic heterocycles. The molecule has 5 heteroatoms. The van der Waals surface area contributed by atoms with Gasteiger partial charge in [-0.3, -0.25) is 0 Å². The molecule has 0 N–H and O–H groups in total. The number of methoxy groups -OCH3 is 1. The molecule has 0 amide bonds. The Balaban J connectivity index is 1.50. The number of rotatable bonds is 5. The van der Waals surface area contributed by atoms with E-state index in [4.69, 9.17) is 9.47 Å². The maximum absolute atomic E-state index is 14.9. The lowest BCUT2D eigenvalue weighted by Crippen LogP contribution is -2.33. The second-order valence-electron chi connectivity index (χ2n) is 8.60. The minimum absolute atomic E-state index is 0.0729. The van der Waals surface area contributed by atoms with Crippen molar-refractivity contribution in [3.05, 3.63) is 53.3 Å². The zero-order valence-electron chi connectivity index (χ0n) is 17.6. The van der Waals surface area contributed by atoms with Gasteiger partial charge in [-0.15, -0.1) is 0 Å². The van der Waals surface area contributed by atoms with Crippen molar-refractivity contribution in [3.8, 4) is 16.9 Å². The van der Waals surface area contributed by atoms with E-state index in [-0.39, 0.29) is 16.9 Å². The highest BCUT2D eigenvalue weighted by atomic mass is 19.2. The fourth-order valence-corrected chi connectivity index (χ4v) is 5.44. The lowest BCUT2D eigenvalue weighted by atomic mass is 9.65. The molecule has 0 aromatic heterocycles. The van der Waals surface area contributed by atoms with Crippen LogP contribution in [0.3, 0.4) is 0 Å². The normalized spacial score (nSPS) is 26.3. The van der Waals surface area contributed by atoms with Gasteiger partial charge >= 0.3 is 0 Å². The largest absolute Gasteiger partial charge is 0.494 e. The third kappa shape index (κ3) is 4.09. The quantitative estimate of drug-likeness (QED) is 0.528. The average molecular weight is 418 g/mol. The Bertz CT molecular complexity index is 898. The van der Waals surface area contributed by atoms with Crippen LogP contribution in [-0.4, -0.2) is 19.8 Å². The molecule has 2 aliphatic carbocycles. The Labute approximate surface area is 176 Å². The van der Waals surface area contributed by atoms with Gasteiger partial charge in [0.1, 0.15) is 5.82 Å². The Morgan fingerprint density at radius 2 is 1.60 bits per heavy atom. The summed E-state index contributed by atoms with van der Waals surface area (Å²) in [7, 11) is 1.27. The van der Waals surface area contributed by atoms with Crippen LogP contribution in [0.15, 0.2) is 30.3 Å². The van der Waals surface area contributed by atoms with E-state index in [0.717, 1.165) is 44.3 Å². The van der Waals surface area contributed by atoms with Crippen LogP contribution in [0, 0.1) is 29.3 Å². The molecular weight excluding hydrogens is 389 g/mol. The number of benzene rings is 2. The second kappa shape index (κ2) is 9.01. The molecule has 4 rings (SSSR count). The first-order valence-corrected chi connectivity index (χ1v) is 10.9. The minimum atomic E-state index is -1.10. The summed E-state index contributed by atoms with van der Waals surface area (Å²) in [5.74, 6) is -1.21. The molecule has 0 spiro atoms. The van der Waals surface area contributed by atoms with Crippen molar-refractivity contribution in [2.75, 3.05) is 13.7 Å². The highest BCUT2D eigenvalue weighted by Crippen LogP contribution is 2.47. The van der Waals surface area contributed by atoms with Crippen LogP contribution in [-0.2, 0) is 4.74 Å². The molecular formula is C25H29F3O2. The van der Waals surface area contributed by atoms with Gasteiger partial charge in [0.05, 0.1) is 13.2 Å². The van der Waals surface area contributed by atoms with Crippen LogP contribution in [0.2, 0.25) is 0 Å². The molecule has 0 saturated heterocycles. The third-order valence-electron chi connectivity index (χ3n) is 6.99. The summed E-state index contributed by atoms with van der Waals surface area (Å²) >= 11 is 0. The smallest absolute Gasteiger partial charge is 0.201 e. The molecule has 2 aromatic rings. The third-order valence-corrected chi connectivity index (χ3v) is 6.99. The predicted molar refractivity (Wildman–Crippen MR) is 111 cm³/mol. The van der Waals surface area contributed by atoms with Gasteiger partial charge in [0.15, 0.2) is 11.6 Å². The molecule has 4 unspecified atom stereocenters. The first kappa shape index (κ1) is 21.2. The Morgan fingerprint density at radius 3 is 2.33 bits per heavy atom. The lowest BCUT2D eigenvalue weighted by Gasteiger charge is -2.42. The van der Waals surface area contributed by atoms with Crippen LogP contribution in [0.5, 0.6) is 5.75 Å². The van der Waals surface area contributed by atoms with Crippen molar-refractivity contribution in [1.29, 1.82) is 0 Å². The van der Waals surface area contributed by atoms with Gasteiger partial charge in [-0.05, 0) is 87.0 Å². The van der Waals surface area contributed by atoms with Gasteiger partial charge in [-0.2, -0.15) is 4.39 Å². The molecule has 2 fully saturated rings. The van der Waals surface area contributed by atoms with Crippen LogP contribution in [0.4, 0.5) is 13.2 Å². The van der Waals surface area contributed by atoms with E-state index in [1.54, 1.807) is 6.07 Å². The highest BCUT2D eigenvalue weighted by molar-refractivity contribution is 5.66. The first-order valence-electron chi connectivity index (χ1n) is 10.9. The zero-order chi connectivity index (χ0) is 21.3. The van der Waals surface area contributed by atoms with Crippen LogP contribution in [0.25, 0.3) is 11.1 Å². The van der Waals surface area contributed by atoms with Crippen molar-refractivity contribution >= 4 is 0 Å². The predicted octanol–water partition coefficient (Wildman–Crippen LogP) is 6.87. The van der Waals surface area contributed by atoms with Gasteiger partial charge in [0, 0.05) is 17.7 Å². The summed E-state index contributed by atoms with van der Waals surface area (Å²) < 4.78 is 54.0. The molecule has 2 nitrogen and oxygen atoms in total. The van der Waals surface area contributed by atoms with Crippen molar-refractivity contribution in [1.82, 2.24) is 0 Å². The molecule has 0 bridgehead atoms. The maximum Gasteiger partial charge on any atom is 0.201 e. The highest BCUT2D eigenvalue weighted by Gasteiger charge is 2.36. The van der Waals surface area contributed by atoms with Crippen LogP contribution < -0.4 is 4.74 Å². The van der Waals surface area contributed by atoms with Crippen molar-refractivity contribution in [3.63, 3.8) is 0 Å². The molecule has 30 heavy (non-hydrogen) atoms. The van der Waals surface area contributed by atoms with E-state index in [1.165, 1.54) is 31.7 Å². The van der Waals surface area contributed by atoms with E-state index in [1.807, 2.05) is 13.0 Å². The molecule has 0 heterocycles. The number of fused-ring (bicyclic) bond motifs is 1. The van der Waals surface area contributed by atoms with E-state index in [9.17, 15) is 13.2 Å². The van der Waals surface area contributed by atoms with E-state index in [2.05, 4.69) is 0 Å². The van der Waals surface area contributed by atoms with Crippen molar-refractivity contribution < 1.29 is 22.6 Å². The SMILES string of the molecule is CCOC1CCC2CC(c3ccc(-c4ccc(OC)c(F)c4F)c(F)c3)CCC2C1. The van der Waals surface area contributed by atoms with E-state index in [0.29, 0.717) is 23.9 Å².